The van der Waals surface area contributed by atoms with E-state index in [9.17, 15) is 9.59 Å². The van der Waals surface area contributed by atoms with Gasteiger partial charge >= 0.3 is 6.09 Å². The molecule has 2 aliphatic heterocycles. The summed E-state index contributed by atoms with van der Waals surface area (Å²) in [7, 11) is 1.30. The minimum Gasteiger partial charge on any atom is -0.453 e. The van der Waals surface area contributed by atoms with Crippen molar-refractivity contribution in [1.29, 1.82) is 0 Å². The number of alkyl carbamates (subject to hydrolysis) is 1. The van der Waals surface area contributed by atoms with Crippen LogP contribution in [-0.4, -0.2) is 56.5 Å². The number of carbonyl (C=O) groups excluding carboxylic acids is 2. The van der Waals surface area contributed by atoms with Crippen LogP contribution in [0.2, 0.25) is 0 Å². The number of benzene rings is 4. The number of nitrogens with zero attached hydrogens (tertiary/aromatic N) is 3. The van der Waals surface area contributed by atoms with Crippen molar-refractivity contribution in [3.8, 4) is 33.6 Å². The average molecular weight is 708 g/mol. The monoisotopic (exact) mass is 707 g/mol. The van der Waals surface area contributed by atoms with E-state index in [0.29, 0.717) is 12.6 Å². The highest BCUT2D eigenvalue weighted by Crippen LogP contribution is 2.36. The highest BCUT2D eigenvalue weighted by molar-refractivity contribution is 5.91. The fraction of sp³-hybridized carbons (Fsp3) is 0.302. The van der Waals surface area contributed by atoms with Gasteiger partial charge in [-0.1, -0.05) is 92.7 Å². The Morgan fingerprint density at radius 1 is 0.755 bits per heavy atom. The van der Waals surface area contributed by atoms with Gasteiger partial charge in [-0.25, -0.2) is 14.8 Å². The summed E-state index contributed by atoms with van der Waals surface area (Å²) >= 11 is 0. The van der Waals surface area contributed by atoms with Crippen LogP contribution < -0.4 is 10.6 Å². The van der Waals surface area contributed by atoms with Crippen LogP contribution in [0, 0.1) is 5.92 Å². The molecule has 4 N–H and O–H groups in total. The van der Waals surface area contributed by atoms with Gasteiger partial charge in [0.05, 0.1) is 43.0 Å². The third-order valence-corrected chi connectivity index (χ3v) is 10.8. The number of amides is 2. The molecule has 2 aliphatic rings. The summed E-state index contributed by atoms with van der Waals surface area (Å²) in [6, 6.07) is 32.0. The molecule has 0 saturated carbocycles. The zero-order valence-electron chi connectivity index (χ0n) is 30.3. The number of likely N-dealkylation sites (tertiary alicyclic amines) is 1. The van der Waals surface area contributed by atoms with Crippen molar-refractivity contribution < 1.29 is 14.3 Å². The third kappa shape index (κ3) is 7.06. The lowest BCUT2D eigenvalue weighted by atomic mass is 9.98. The van der Waals surface area contributed by atoms with Gasteiger partial charge in [-0.2, -0.15) is 0 Å². The average Bonchev–Trinajstić information content (AvgIpc) is 4.03. The molecular weight excluding hydrogens is 663 g/mol. The van der Waals surface area contributed by atoms with Gasteiger partial charge in [-0.3, -0.25) is 4.79 Å². The lowest BCUT2D eigenvalue weighted by molar-refractivity contribution is -0.135. The highest BCUT2D eigenvalue weighted by Gasteiger charge is 2.37. The molecule has 4 aromatic carbocycles. The minimum absolute atomic E-state index is 0.0864. The molecule has 0 spiro atoms. The van der Waals surface area contributed by atoms with Crippen LogP contribution >= 0.6 is 0 Å². The number of aromatic amines is 2. The number of imidazole rings is 2. The number of hydrogen-bond donors (Lipinski definition) is 4. The van der Waals surface area contributed by atoms with E-state index in [4.69, 9.17) is 14.7 Å². The summed E-state index contributed by atoms with van der Waals surface area (Å²) in [4.78, 5) is 43.9. The first-order valence-electron chi connectivity index (χ1n) is 18.6. The minimum atomic E-state index is -0.668. The Balaban J connectivity index is 0.938. The summed E-state index contributed by atoms with van der Waals surface area (Å²) in [5, 5.41) is 8.74. The third-order valence-electron chi connectivity index (χ3n) is 10.8. The van der Waals surface area contributed by atoms with Crippen LogP contribution in [0.4, 0.5) is 4.79 Å². The number of H-pyrrole nitrogens is 2. The fourth-order valence-electron chi connectivity index (χ4n) is 7.85. The van der Waals surface area contributed by atoms with E-state index in [2.05, 4.69) is 112 Å². The molecule has 0 bridgehead atoms. The summed E-state index contributed by atoms with van der Waals surface area (Å²) in [5.41, 5.74) is 7.69. The summed E-state index contributed by atoms with van der Waals surface area (Å²) < 4.78 is 4.77. The van der Waals surface area contributed by atoms with Gasteiger partial charge in [0, 0.05) is 18.2 Å². The molecule has 4 atom stereocenters. The summed E-state index contributed by atoms with van der Waals surface area (Å²) in [5.74, 6) is 1.54. The number of hydrogen-bond acceptors (Lipinski definition) is 6. The normalized spacial score (nSPS) is 19.2. The standard InChI is InChI=1S/C43H45N7O3/c1-26(2)39(49-43(52)53-3)42(51)50-21-7-10-38(50)41-45-25-37(48-41)33-18-17-31-22-30(15-16-32(31)23-33)27-11-13-29(14-12-27)36-24-44-40(47-36)35-20-19-34(46-35)28-8-5-4-6-9-28/h4-6,8-9,11-18,22-26,34-35,38-39,46H,7,10,19-21H2,1-3H3,(H,44,47)(H,45,48)(H,49,52). The maximum absolute atomic E-state index is 13.6. The zero-order valence-corrected chi connectivity index (χ0v) is 30.3. The van der Waals surface area contributed by atoms with E-state index in [1.807, 2.05) is 31.1 Å². The highest BCUT2D eigenvalue weighted by atomic mass is 16.5. The van der Waals surface area contributed by atoms with Crippen LogP contribution in [0.15, 0.2) is 103 Å². The van der Waals surface area contributed by atoms with Crippen LogP contribution in [0.25, 0.3) is 44.4 Å². The molecule has 2 amide bonds. The van der Waals surface area contributed by atoms with Crippen molar-refractivity contribution in [2.75, 3.05) is 13.7 Å². The number of nitrogens with one attached hydrogen (secondary N) is 4. The molecule has 53 heavy (non-hydrogen) atoms. The molecule has 4 unspecified atom stereocenters. The van der Waals surface area contributed by atoms with Gasteiger partial charge in [0.15, 0.2) is 0 Å². The lowest BCUT2D eigenvalue weighted by Gasteiger charge is -2.30. The number of rotatable bonds is 9. The van der Waals surface area contributed by atoms with Gasteiger partial charge in [-0.15, -0.1) is 0 Å². The molecule has 0 aliphatic carbocycles. The van der Waals surface area contributed by atoms with E-state index >= 15 is 0 Å². The number of ether oxygens (including phenoxy) is 1. The van der Waals surface area contributed by atoms with Crippen molar-refractivity contribution in [2.24, 2.45) is 5.92 Å². The summed E-state index contributed by atoms with van der Waals surface area (Å²) in [6.45, 7) is 4.45. The van der Waals surface area contributed by atoms with Crippen LogP contribution in [0.5, 0.6) is 0 Å². The number of aromatic nitrogens is 4. The van der Waals surface area contributed by atoms with Crippen molar-refractivity contribution in [3.63, 3.8) is 0 Å². The van der Waals surface area contributed by atoms with Crippen molar-refractivity contribution in [1.82, 2.24) is 35.5 Å². The molecule has 2 fully saturated rings. The number of methoxy groups -OCH3 is 1. The first-order chi connectivity index (χ1) is 25.8. The predicted molar refractivity (Wildman–Crippen MR) is 207 cm³/mol. The number of fused-ring (bicyclic) bond motifs is 1. The van der Waals surface area contributed by atoms with Crippen LogP contribution in [0.1, 0.15) is 74.9 Å². The van der Waals surface area contributed by atoms with E-state index in [0.717, 1.165) is 81.7 Å². The van der Waals surface area contributed by atoms with Gasteiger partial charge in [0.1, 0.15) is 17.7 Å². The Hall–Kier alpha value is -5.74. The second kappa shape index (κ2) is 14.7. The predicted octanol–water partition coefficient (Wildman–Crippen LogP) is 8.50. The molecule has 0 radical (unpaired) electrons. The van der Waals surface area contributed by atoms with Crippen molar-refractivity contribution >= 4 is 22.8 Å². The van der Waals surface area contributed by atoms with E-state index in [1.54, 1.807) is 0 Å². The molecule has 6 aromatic rings. The Bertz CT molecular complexity index is 2230. The lowest BCUT2D eigenvalue weighted by Crippen LogP contribution is -2.51. The smallest absolute Gasteiger partial charge is 0.407 e. The maximum atomic E-state index is 13.6. The first-order valence-corrected chi connectivity index (χ1v) is 18.6. The maximum Gasteiger partial charge on any atom is 0.407 e. The summed E-state index contributed by atoms with van der Waals surface area (Å²) in [6.07, 6.45) is 7.00. The molecule has 8 rings (SSSR count). The zero-order chi connectivity index (χ0) is 36.5. The fourth-order valence-corrected chi connectivity index (χ4v) is 7.85. The van der Waals surface area contributed by atoms with E-state index in [-0.39, 0.29) is 23.9 Å². The van der Waals surface area contributed by atoms with Crippen LogP contribution in [-0.2, 0) is 9.53 Å². The van der Waals surface area contributed by atoms with Gasteiger partial charge in [0.2, 0.25) is 5.91 Å². The Kier molecular flexibility index (Phi) is 9.53. The largest absolute Gasteiger partial charge is 0.453 e. The van der Waals surface area contributed by atoms with E-state index < -0.39 is 12.1 Å². The quantitative estimate of drug-likeness (QED) is 0.119. The Morgan fingerprint density at radius 3 is 2.11 bits per heavy atom. The topological polar surface area (TPSA) is 128 Å². The SMILES string of the molecule is COC(=O)NC(C(=O)N1CCCC1c1ncc(-c2ccc3cc(-c4ccc(-c5cnc(C6CCC(c7ccccc7)N6)[nH]5)cc4)ccc3c2)[nH]1)C(C)C. The second-order valence-electron chi connectivity index (χ2n) is 14.5. The van der Waals surface area contributed by atoms with Gasteiger partial charge in [0.25, 0.3) is 0 Å². The van der Waals surface area contributed by atoms with Crippen molar-refractivity contribution in [2.45, 2.75) is 63.7 Å². The van der Waals surface area contributed by atoms with Crippen LogP contribution in [0.3, 0.4) is 0 Å². The number of carbonyl (C=O) groups is 2. The Morgan fingerprint density at radius 2 is 1.38 bits per heavy atom. The molecule has 2 aromatic heterocycles. The second-order valence-corrected chi connectivity index (χ2v) is 14.5. The first kappa shape index (κ1) is 34.4. The molecular formula is C43H45N7O3. The molecule has 2 saturated heterocycles. The molecule has 270 valence electrons. The van der Waals surface area contributed by atoms with Gasteiger partial charge < -0.3 is 30.2 Å². The molecule has 10 nitrogen and oxygen atoms in total. The molecule has 4 heterocycles. The van der Waals surface area contributed by atoms with Crippen molar-refractivity contribution in [3.05, 3.63) is 121 Å². The van der Waals surface area contributed by atoms with E-state index in [1.165, 1.54) is 12.7 Å². The molecule has 10 heteroatoms. The Labute approximate surface area is 309 Å². The van der Waals surface area contributed by atoms with Gasteiger partial charge in [-0.05, 0) is 76.8 Å².